The van der Waals surface area contributed by atoms with Crippen molar-refractivity contribution in [3.8, 4) is 0 Å². The minimum absolute atomic E-state index is 0.393. The summed E-state index contributed by atoms with van der Waals surface area (Å²) < 4.78 is 27.4. The molecule has 1 saturated heterocycles. The Morgan fingerprint density at radius 1 is 1.38 bits per heavy atom. The number of hydrogen-bond donors (Lipinski definition) is 3. The second kappa shape index (κ2) is 4.66. The van der Waals surface area contributed by atoms with Gasteiger partial charge in [-0.05, 0) is 13.8 Å². The van der Waals surface area contributed by atoms with Crippen LogP contribution in [0.4, 0.5) is 0 Å². The number of nitrogens with zero attached hydrogens (tertiary/aromatic N) is 1. The summed E-state index contributed by atoms with van der Waals surface area (Å²) in [5.74, 6) is -0.703. The number of hydrogen-bond acceptors (Lipinski definition) is 4. The lowest BCUT2D eigenvalue weighted by Gasteiger charge is -2.30. The van der Waals surface area contributed by atoms with Crippen LogP contribution < -0.4 is 15.8 Å². The molecule has 16 heavy (non-hydrogen) atoms. The van der Waals surface area contributed by atoms with Gasteiger partial charge in [0.2, 0.25) is 5.91 Å². The summed E-state index contributed by atoms with van der Waals surface area (Å²) in [4.78, 5) is 11.0. The topological polar surface area (TPSA) is 105 Å². The van der Waals surface area contributed by atoms with Crippen LogP contribution >= 0.6 is 0 Å². The molecule has 0 aromatic carbocycles. The molecule has 0 aromatic heterocycles. The third-order valence-corrected chi connectivity index (χ3v) is 4.23. The summed E-state index contributed by atoms with van der Waals surface area (Å²) >= 11 is 0. The molecule has 1 aliphatic heterocycles. The zero-order valence-electron chi connectivity index (χ0n) is 9.49. The largest absolute Gasteiger partial charge is 0.368 e. The molecule has 0 atom stereocenters. The van der Waals surface area contributed by atoms with Gasteiger partial charge in [0.15, 0.2) is 0 Å². The van der Waals surface area contributed by atoms with Crippen molar-refractivity contribution < 1.29 is 13.2 Å². The van der Waals surface area contributed by atoms with E-state index >= 15 is 0 Å². The van der Waals surface area contributed by atoms with Crippen molar-refractivity contribution in [1.29, 1.82) is 0 Å². The Kier molecular flexibility index (Phi) is 3.89. The fourth-order valence-corrected chi connectivity index (χ4v) is 2.86. The van der Waals surface area contributed by atoms with Crippen molar-refractivity contribution in [3.05, 3.63) is 0 Å². The van der Waals surface area contributed by atoms with Crippen LogP contribution in [-0.4, -0.2) is 50.3 Å². The molecule has 0 bridgehead atoms. The first-order chi connectivity index (χ1) is 7.26. The molecule has 94 valence electrons. The third kappa shape index (κ3) is 3.14. The maximum absolute atomic E-state index is 11.9. The molecule has 7 nitrogen and oxygen atoms in total. The summed E-state index contributed by atoms with van der Waals surface area (Å²) in [6.45, 7) is 4.88. The smallest absolute Gasteiger partial charge is 0.280 e. The van der Waals surface area contributed by atoms with E-state index in [0.29, 0.717) is 26.2 Å². The van der Waals surface area contributed by atoms with Crippen molar-refractivity contribution in [3.63, 3.8) is 0 Å². The van der Waals surface area contributed by atoms with E-state index in [1.165, 1.54) is 18.2 Å². The normalized spacial score (nSPS) is 19.6. The van der Waals surface area contributed by atoms with Gasteiger partial charge in [0, 0.05) is 26.2 Å². The van der Waals surface area contributed by atoms with E-state index in [2.05, 4.69) is 10.0 Å². The first kappa shape index (κ1) is 13.4. The third-order valence-electron chi connectivity index (χ3n) is 2.42. The lowest BCUT2D eigenvalue weighted by molar-refractivity contribution is -0.122. The van der Waals surface area contributed by atoms with Crippen LogP contribution in [0.2, 0.25) is 0 Å². The lowest BCUT2D eigenvalue weighted by atomic mass is 10.1. The van der Waals surface area contributed by atoms with E-state index < -0.39 is 21.7 Å². The van der Waals surface area contributed by atoms with Crippen LogP contribution in [0, 0.1) is 0 Å². The van der Waals surface area contributed by atoms with E-state index in [0.717, 1.165) is 0 Å². The molecule has 4 N–H and O–H groups in total. The van der Waals surface area contributed by atoms with E-state index in [1.54, 1.807) is 0 Å². The minimum atomic E-state index is -3.64. The average molecular weight is 250 g/mol. The van der Waals surface area contributed by atoms with Crippen molar-refractivity contribution >= 4 is 16.1 Å². The molecule has 1 amide bonds. The summed E-state index contributed by atoms with van der Waals surface area (Å²) in [5, 5.41) is 3.05. The number of carbonyl (C=O) groups excluding carboxylic acids is 1. The van der Waals surface area contributed by atoms with E-state index in [4.69, 9.17) is 5.73 Å². The van der Waals surface area contributed by atoms with Crippen LogP contribution in [0.3, 0.4) is 0 Å². The number of rotatable bonds is 4. The van der Waals surface area contributed by atoms with Crippen LogP contribution in [0.5, 0.6) is 0 Å². The van der Waals surface area contributed by atoms with Gasteiger partial charge in [-0.1, -0.05) is 0 Å². The highest BCUT2D eigenvalue weighted by Gasteiger charge is 2.34. The number of amides is 1. The Bertz CT molecular complexity index is 359. The molecule has 1 aliphatic rings. The van der Waals surface area contributed by atoms with E-state index in [1.807, 2.05) is 0 Å². The molecule has 0 aromatic rings. The van der Waals surface area contributed by atoms with Crippen LogP contribution in [-0.2, 0) is 15.0 Å². The van der Waals surface area contributed by atoms with Crippen molar-refractivity contribution in [2.45, 2.75) is 19.4 Å². The predicted octanol–water partition coefficient (Wildman–Crippen LogP) is -2.01. The zero-order chi connectivity index (χ0) is 12.4. The number of nitrogens with two attached hydrogens (primary N) is 1. The molecule has 1 rings (SSSR count). The van der Waals surface area contributed by atoms with Gasteiger partial charge in [0.1, 0.15) is 5.54 Å². The van der Waals surface area contributed by atoms with Gasteiger partial charge < -0.3 is 11.1 Å². The first-order valence-electron chi connectivity index (χ1n) is 5.05. The van der Waals surface area contributed by atoms with Gasteiger partial charge in [-0.3, -0.25) is 4.79 Å². The highest BCUT2D eigenvalue weighted by molar-refractivity contribution is 7.87. The zero-order valence-corrected chi connectivity index (χ0v) is 10.3. The average Bonchev–Trinajstić information content (AvgIpc) is 2.17. The van der Waals surface area contributed by atoms with Gasteiger partial charge in [0.05, 0.1) is 0 Å². The Morgan fingerprint density at radius 3 is 2.31 bits per heavy atom. The lowest BCUT2D eigenvalue weighted by Crippen LogP contribution is -2.59. The highest BCUT2D eigenvalue weighted by Crippen LogP contribution is 2.07. The molecule has 0 spiro atoms. The Balaban J connectivity index is 2.74. The van der Waals surface area contributed by atoms with Crippen LogP contribution in [0.15, 0.2) is 0 Å². The fraction of sp³-hybridized carbons (Fsp3) is 0.875. The predicted molar refractivity (Wildman–Crippen MR) is 59.8 cm³/mol. The molecule has 1 heterocycles. The summed E-state index contributed by atoms with van der Waals surface area (Å²) in [7, 11) is -3.64. The van der Waals surface area contributed by atoms with Gasteiger partial charge in [-0.25, -0.2) is 0 Å². The molecule has 0 aliphatic carbocycles. The monoisotopic (exact) mass is 250 g/mol. The second-order valence-corrected chi connectivity index (χ2v) is 5.92. The van der Waals surface area contributed by atoms with Crippen LogP contribution in [0.25, 0.3) is 0 Å². The number of nitrogens with one attached hydrogen (secondary N) is 2. The molecule has 1 fully saturated rings. The number of carbonyl (C=O) groups is 1. The second-order valence-electron chi connectivity index (χ2n) is 4.25. The van der Waals surface area contributed by atoms with Crippen molar-refractivity contribution in [2.24, 2.45) is 5.73 Å². The molecule has 8 heteroatoms. The Morgan fingerprint density at radius 2 is 1.88 bits per heavy atom. The molecule has 0 saturated carbocycles. The molecule has 0 radical (unpaired) electrons. The van der Waals surface area contributed by atoms with Gasteiger partial charge in [-0.15, -0.1) is 0 Å². The maximum atomic E-state index is 11.9. The summed E-state index contributed by atoms with van der Waals surface area (Å²) in [6, 6.07) is 0. The minimum Gasteiger partial charge on any atom is -0.368 e. The van der Waals surface area contributed by atoms with E-state index in [9.17, 15) is 13.2 Å². The first-order valence-corrected chi connectivity index (χ1v) is 6.49. The van der Waals surface area contributed by atoms with Crippen molar-refractivity contribution in [1.82, 2.24) is 14.3 Å². The fourth-order valence-electron chi connectivity index (χ4n) is 1.32. The standard InChI is InChI=1S/C8H18N4O3S/c1-8(2,7(9)13)11-16(14,15)12-5-3-10-4-6-12/h10-11H,3-6H2,1-2H3,(H2,9,13). The Labute approximate surface area is 95.5 Å². The molecular weight excluding hydrogens is 232 g/mol. The van der Waals surface area contributed by atoms with Gasteiger partial charge >= 0.3 is 0 Å². The maximum Gasteiger partial charge on any atom is 0.280 e. The molecular formula is C8H18N4O3S. The van der Waals surface area contributed by atoms with E-state index in [-0.39, 0.29) is 0 Å². The highest BCUT2D eigenvalue weighted by atomic mass is 32.2. The summed E-state index contributed by atoms with van der Waals surface area (Å²) in [6.07, 6.45) is 0. The van der Waals surface area contributed by atoms with Crippen molar-refractivity contribution in [2.75, 3.05) is 26.2 Å². The summed E-state index contributed by atoms with van der Waals surface area (Å²) in [5.41, 5.74) is 3.84. The number of piperazine rings is 1. The number of primary amides is 1. The Hall–Kier alpha value is -0.700. The SMILES string of the molecule is CC(C)(NS(=O)(=O)N1CCNCC1)C(N)=O. The molecule has 0 unspecified atom stereocenters. The van der Waals surface area contributed by atoms with Gasteiger partial charge in [0.25, 0.3) is 10.2 Å². The van der Waals surface area contributed by atoms with Gasteiger partial charge in [-0.2, -0.15) is 17.4 Å². The van der Waals surface area contributed by atoms with Crippen LogP contribution in [0.1, 0.15) is 13.8 Å². The quantitative estimate of drug-likeness (QED) is 0.536.